The van der Waals surface area contributed by atoms with Crippen molar-refractivity contribution in [1.29, 1.82) is 0 Å². The number of thiophene rings is 1. The Labute approximate surface area is 154 Å². The van der Waals surface area contributed by atoms with Crippen LogP contribution in [0.1, 0.15) is 34.5 Å². The van der Waals surface area contributed by atoms with E-state index in [-0.39, 0.29) is 23.9 Å². The molecule has 0 unspecified atom stereocenters. The topological polar surface area (TPSA) is 49.4 Å². The molecule has 2 aromatic rings. The zero-order chi connectivity index (χ0) is 17.2. The van der Waals surface area contributed by atoms with Crippen LogP contribution in [0.4, 0.5) is 0 Å². The van der Waals surface area contributed by atoms with Crippen LogP contribution in [0.25, 0.3) is 0 Å². The molecule has 0 atom stereocenters. The van der Waals surface area contributed by atoms with Crippen LogP contribution in [0.15, 0.2) is 46.3 Å². The van der Waals surface area contributed by atoms with Gasteiger partial charge in [-0.15, -0.1) is 11.3 Å². The lowest BCUT2D eigenvalue weighted by atomic mass is 9.72. The van der Waals surface area contributed by atoms with Gasteiger partial charge in [-0.25, -0.2) is 0 Å². The number of hydrogen-bond acceptors (Lipinski definition) is 3. The lowest BCUT2D eigenvalue weighted by molar-refractivity contribution is -0.124. The second-order valence-corrected chi connectivity index (χ2v) is 8.58. The zero-order valence-electron chi connectivity index (χ0n) is 13.4. The molecule has 0 spiro atoms. The van der Waals surface area contributed by atoms with Gasteiger partial charge in [0.15, 0.2) is 0 Å². The number of amides is 2. The number of rotatable bonds is 5. The highest BCUT2D eigenvalue weighted by molar-refractivity contribution is 9.11. The molecule has 1 heterocycles. The fourth-order valence-electron chi connectivity index (χ4n) is 2.98. The minimum atomic E-state index is -0.270. The third kappa shape index (κ3) is 3.54. The number of likely N-dealkylation sites (N-methyl/N-ethyl adjacent to an activating group) is 1. The predicted molar refractivity (Wildman–Crippen MR) is 99.1 cm³/mol. The molecule has 0 saturated heterocycles. The third-order valence-electron chi connectivity index (χ3n) is 4.42. The van der Waals surface area contributed by atoms with Gasteiger partial charge < -0.3 is 10.2 Å². The molecular weight excluding hydrogens is 388 g/mol. The van der Waals surface area contributed by atoms with E-state index in [1.54, 1.807) is 13.1 Å². The van der Waals surface area contributed by atoms with E-state index in [0.29, 0.717) is 4.88 Å². The van der Waals surface area contributed by atoms with Crippen molar-refractivity contribution in [3.05, 3.63) is 56.7 Å². The Hall–Kier alpha value is -1.66. The van der Waals surface area contributed by atoms with Gasteiger partial charge in [-0.05, 0) is 52.9 Å². The first-order valence-electron chi connectivity index (χ1n) is 7.87. The highest BCUT2D eigenvalue weighted by Gasteiger charge is 2.40. The molecule has 1 aromatic heterocycles. The lowest BCUT2D eigenvalue weighted by Crippen LogP contribution is -2.53. The molecule has 0 bridgehead atoms. The monoisotopic (exact) mass is 406 g/mol. The van der Waals surface area contributed by atoms with Gasteiger partial charge in [-0.3, -0.25) is 9.59 Å². The summed E-state index contributed by atoms with van der Waals surface area (Å²) in [6.07, 6.45) is 2.99. The van der Waals surface area contributed by atoms with Crippen LogP contribution in [0.2, 0.25) is 0 Å². The second-order valence-electron chi connectivity index (χ2n) is 6.11. The lowest BCUT2D eigenvalue weighted by Gasteiger charge is -2.43. The highest BCUT2D eigenvalue weighted by Crippen LogP contribution is 2.41. The van der Waals surface area contributed by atoms with Crippen molar-refractivity contribution in [3.63, 3.8) is 0 Å². The van der Waals surface area contributed by atoms with E-state index in [4.69, 9.17) is 0 Å². The summed E-state index contributed by atoms with van der Waals surface area (Å²) in [6, 6.07) is 13.7. The van der Waals surface area contributed by atoms with Crippen molar-refractivity contribution < 1.29 is 9.59 Å². The van der Waals surface area contributed by atoms with Gasteiger partial charge in [-0.2, -0.15) is 0 Å². The van der Waals surface area contributed by atoms with Gasteiger partial charge in [-0.1, -0.05) is 30.3 Å². The summed E-state index contributed by atoms with van der Waals surface area (Å²) < 4.78 is 0.904. The predicted octanol–water partition coefficient (Wildman–Crippen LogP) is 3.78. The van der Waals surface area contributed by atoms with Crippen molar-refractivity contribution >= 4 is 39.1 Å². The zero-order valence-corrected chi connectivity index (χ0v) is 15.8. The van der Waals surface area contributed by atoms with Crippen LogP contribution in [-0.2, 0) is 10.3 Å². The number of nitrogens with one attached hydrogen (secondary N) is 1. The normalized spacial score (nSPS) is 15.4. The molecule has 1 fully saturated rings. The fraction of sp³-hybridized carbons (Fsp3) is 0.333. The summed E-state index contributed by atoms with van der Waals surface area (Å²) in [6.45, 7) is 0.0585. The van der Waals surface area contributed by atoms with Gasteiger partial charge in [0, 0.05) is 7.05 Å². The molecular formula is C18H19BrN2O2S. The molecule has 4 nitrogen and oxygen atoms in total. The average Bonchev–Trinajstić information content (AvgIpc) is 2.97. The van der Waals surface area contributed by atoms with E-state index in [9.17, 15) is 9.59 Å². The SMILES string of the molecule is CN(CC(=O)NC1(c2ccccc2)CCC1)C(=O)c1ccc(Br)s1. The van der Waals surface area contributed by atoms with E-state index in [2.05, 4.69) is 33.4 Å². The smallest absolute Gasteiger partial charge is 0.264 e. The molecule has 0 radical (unpaired) electrons. The minimum Gasteiger partial charge on any atom is -0.345 e. The number of nitrogens with zero attached hydrogens (tertiary/aromatic N) is 1. The fourth-order valence-corrected chi connectivity index (χ4v) is 4.37. The second kappa shape index (κ2) is 7.07. The Morgan fingerprint density at radius 1 is 1.21 bits per heavy atom. The Morgan fingerprint density at radius 2 is 1.92 bits per heavy atom. The van der Waals surface area contributed by atoms with E-state index in [0.717, 1.165) is 28.6 Å². The van der Waals surface area contributed by atoms with Crippen molar-refractivity contribution in [2.24, 2.45) is 0 Å². The maximum absolute atomic E-state index is 12.5. The van der Waals surface area contributed by atoms with Gasteiger partial charge in [0.1, 0.15) is 0 Å². The average molecular weight is 407 g/mol. The van der Waals surface area contributed by atoms with Crippen molar-refractivity contribution in [2.45, 2.75) is 24.8 Å². The Kier molecular flexibility index (Phi) is 5.06. The van der Waals surface area contributed by atoms with Gasteiger partial charge in [0.05, 0.1) is 20.7 Å². The largest absolute Gasteiger partial charge is 0.345 e. The number of benzene rings is 1. The summed E-state index contributed by atoms with van der Waals surface area (Å²) in [5, 5.41) is 3.15. The molecule has 2 amide bonds. The molecule has 1 aliphatic carbocycles. The number of halogens is 1. The van der Waals surface area contributed by atoms with Gasteiger partial charge >= 0.3 is 0 Å². The standard InChI is InChI=1S/C18H19BrN2O2S/c1-21(17(23)14-8-9-15(19)24-14)12-16(22)20-18(10-5-11-18)13-6-3-2-4-7-13/h2-4,6-9H,5,10-12H2,1H3,(H,20,22). The number of carbonyl (C=O) groups is 2. The van der Waals surface area contributed by atoms with Crippen molar-refractivity contribution in [3.8, 4) is 0 Å². The van der Waals surface area contributed by atoms with Crippen LogP contribution >= 0.6 is 27.3 Å². The van der Waals surface area contributed by atoms with Crippen molar-refractivity contribution in [1.82, 2.24) is 10.2 Å². The van der Waals surface area contributed by atoms with Crippen LogP contribution in [0.5, 0.6) is 0 Å². The van der Waals surface area contributed by atoms with Crippen molar-refractivity contribution in [2.75, 3.05) is 13.6 Å². The third-order valence-corrected chi connectivity index (χ3v) is 6.04. The summed E-state index contributed by atoms with van der Waals surface area (Å²) in [5.41, 5.74) is 0.870. The van der Waals surface area contributed by atoms with Crippen LogP contribution < -0.4 is 5.32 Å². The quantitative estimate of drug-likeness (QED) is 0.820. The Morgan fingerprint density at radius 3 is 2.46 bits per heavy atom. The highest BCUT2D eigenvalue weighted by atomic mass is 79.9. The number of carbonyl (C=O) groups excluding carboxylic acids is 2. The molecule has 1 aliphatic rings. The maximum atomic E-state index is 12.5. The van der Waals surface area contributed by atoms with Crippen LogP contribution in [0.3, 0.4) is 0 Å². The van der Waals surface area contributed by atoms with Crippen LogP contribution in [-0.4, -0.2) is 30.3 Å². The van der Waals surface area contributed by atoms with Gasteiger partial charge in [0.2, 0.25) is 5.91 Å². The molecule has 24 heavy (non-hydrogen) atoms. The first kappa shape index (κ1) is 17.2. The Bertz CT molecular complexity index is 740. The summed E-state index contributed by atoms with van der Waals surface area (Å²) in [5.74, 6) is -0.256. The summed E-state index contributed by atoms with van der Waals surface area (Å²) in [7, 11) is 1.66. The number of hydrogen-bond donors (Lipinski definition) is 1. The first-order valence-corrected chi connectivity index (χ1v) is 9.48. The van der Waals surface area contributed by atoms with Gasteiger partial charge in [0.25, 0.3) is 5.91 Å². The molecule has 3 rings (SSSR count). The Balaban J connectivity index is 1.63. The van der Waals surface area contributed by atoms with E-state index >= 15 is 0 Å². The molecule has 1 N–H and O–H groups in total. The minimum absolute atomic E-state index is 0.0585. The summed E-state index contributed by atoms with van der Waals surface area (Å²) in [4.78, 5) is 26.9. The maximum Gasteiger partial charge on any atom is 0.264 e. The first-order chi connectivity index (χ1) is 11.5. The van der Waals surface area contributed by atoms with E-state index in [1.165, 1.54) is 16.2 Å². The molecule has 126 valence electrons. The molecule has 1 saturated carbocycles. The van der Waals surface area contributed by atoms with E-state index < -0.39 is 0 Å². The molecule has 6 heteroatoms. The molecule has 0 aliphatic heterocycles. The van der Waals surface area contributed by atoms with Crippen LogP contribution in [0, 0.1) is 0 Å². The summed E-state index contributed by atoms with van der Waals surface area (Å²) >= 11 is 4.72. The molecule has 1 aromatic carbocycles. The van der Waals surface area contributed by atoms with E-state index in [1.807, 2.05) is 24.3 Å².